The van der Waals surface area contributed by atoms with Gasteiger partial charge in [-0.05, 0) is 25.1 Å². The molecule has 0 bridgehead atoms. The van der Waals surface area contributed by atoms with Crippen LogP contribution in [0.1, 0.15) is 24.4 Å². The summed E-state index contributed by atoms with van der Waals surface area (Å²) in [6.45, 7) is 1.28. The number of rotatable bonds is 5. The summed E-state index contributed by atoms with van der Waals surface area (Å²) in [6, 6.07) is 5.25. The minimum Gasteiger partial charge on any atom is -0.508 e. The summed E-state index contributed by atoms with van der Waals surface area (Å²) in [4.78, 5) is 10.9. The van der Waals surface area contributed by atoms with E-state index in [0.717, 1.165) is 24.3 Å². The zero-order valence-corrected chi connectivity index (χ0v) is 10.3. The maximum atomic E-state index is 10.9. The van der Waals surface area contributed by atoms with Gasteiger partial charge in [-0.25, -0.2) is 0 Å². The first-order valence-electron chi connectivity index (χ1n) is 5.96. The van der Waals surface area contributed by atoms with Crippen LogP contribution >= 0.6 is 0 Å². The molecule has 1 aliphatic heterocycles. The fourth-order valence-electron chi connectivity index (χ4n) is 1.98. The van der Waals surface area contributed by atoms with E-state index in [1.165, 1.54) is 7.11 Å². The van der Waals surface area contributed by atoms with Gasteiger partial charge in [0.25, 0.3) is 0 Å². The zero-order chi connectivity index (χ0) is 13.0. The number of carbonyl (C=O) groups is 1. The summed E-state index contributed by atoms with van der Waals surface area (Å²) in [5.41, 5.74) is 1.05. The van der Waals surface area contributed by atoms with E-state index in [2.05, 4.69) is 10.1 Å². The average molecular weight is 251 g/mol. The van der Waals surface area contributed by atoms with E-state index in [9.17, 15) is 9.90 Å². The Balaban J connectivity index is 1.81. The second-order valence-corrected chi connectivity index (χ2v) is 4.22. The Hall–Kier alpha value is -1.75. The lowest BCUT2D eigenvalue weighted by Crippen LogP contribution is -2.24. The molecule has 0 saturated heterocycles. The summed E-state index contributed by atoms with van der Waals surface area (Å²) < 4.78 is 10.0. The average Bonchev–Trinajstić information content (AvgIpc) is 2.76. The maximum Gasteiger partial charge on any atom is 0.305 e. The van der Waals surface area contributed by atoms with Crippen LogP contribution in [0.3, 0.4) is 0 Å². The third-order valence-corrected chi connectivity index (χ3v) is 2.95. The highest BCUT2D eigenvalue weighted by Gasteiger charge is 2.23. The predicted octanol–water partition coefficient (Wildman–Crippen LogP) is 1.37. The molecule has 5 heteroatoms. The Morgan fingerprint density at radius 1 is 1.61 bits per heavy atom. The Morgan fingerprint density at radius 3 is 3.22 bits per heavy atom. The van der Waals surface area contributed by atoms with Crippen molar-refractivity contribution >= 4 is 5.97 Å². The van der Waals surface area contributed by atoms with Gasteiger partial charge in [0, 0.05) is 18.1 Å². The highest BCUT2D eigenvalue weighted by atomic mass is 16.5. The van der Waals surface area contributed by atoms with E-state index in [1.54, 1.807) is 12.1 Å². The van der Waals surface area contributed by atoms with Crippen molar-refractivity contribution < 1.29 is 19.4 Å². The SMILES string of the molecule is COC(=O)CCCNC1COc2cc(O)ccc21. The molecule has 0 radical (unpaired) electrons. The number of esters is 1. The molecule has 0 aliphatic carbocycles. The van der Waals surface area contributed by atoms with Gasteiger partial charge in [0.15, 0.2) is 0 Å². The van der Waals surface area contributed by atoms with Crippen LogP contribution in [0.25, 0.3) is 0 Å². The van der Waals surface area contributed by atoms with Gasteiger partial charge in [0.05, 0.1) is 13.2 Å². The van der Waals surface area contributed by atoms with Crippen LogP contribution in [0, 0.1) is 0 Å². The molecule has 1 aliphatic rings. The Morgan fingerprint density at radius 2 is 2.44 bits per heavy atom. The monoisotopic (exact) mass is 251 g/mol. The normalized spacial score (nSPS) is 17.1. The van der Waals surface area contributed by atoms with Gasteiger partial charge in [-0.3, -0.25) is 4.79 Å². The second kappa shape index (κ2) is 5.73. The quantitative estimate of drug-likeness (QED) is 0.611. The molecule has 1 heterocycles. The van der Waals surface area contributed by atoms with E-state index < -0.39 is 0 Å². The Labute approximate surface area is 106 Å². The molecule has 1 unspecified atom stereocenters. The molecule has 98 valence electrons. The van der Waals surface area contributed by atoms with Crippen LogP contribution in [0.4, 0.5) is 0 Å². The van der Waals surface area contributed by atoms with Gasteiger partial charge in [-0.15, -0.1) is 0 Å². The molecule has 1 atom stereocenters. The molecule has 18 heavy (non-hydrogen) atoms. The summed E-state index contributed by atoms with van der Waals surface area (Å²) in [5.74, 6) is 0.741. The number of aromatic hydroxyl groups is 1. The zero-order valence-electron chi connectivity index (χ0n) is 10.3. The molecule has 1 aromatic carbocycles. The number of carbonyl (C=O) groups excluding carboxylic acids is 1. The largest absolute Gasteiger partial charge is 0.508 e. The van der Waals surface area contributed by atoms with Crippen LogP contribution in [0.5, 0.6) is 11.5 Å². The van der Waals surface area contributed by atoms with Crippen molar-refractivity contribution in [1.29, 1.82) is 0 Å². The van der Waals surface area contributed by atoms with Crippen molar-refractivity contribution in [2.24, 2.45) is 0 Å². The summed E-state index contributed by atoms with van der Waals surface area (Å²) in [7, 11) is 1.39. The molecule has 0 amide bonds. The molecule has 0 spiro atoms. The molecular formula is C13H17NO4. The van der Waals surface area contributed by atoms with Crippen LogP contribution in [-0.2, 0) is 9.53 Å². The summed E-state index contributed by atoms with van der Waals surface area (Å²) in [5, 5.41) is 12.7. The smallest absolute Gasteiger partial charge is 0.305 e. The standard InChI is InChI=1S/C13H17NO4/c1-17-13(16)3-2-6-14-11-8-18-12-7-9(15)4-5-10(11)12/h4-5,7,11,14-15H,2-3,6,8H2,1H3. The van der Waals surface area contributed by atoms with Gasteiger partial charge in [-0.1, -0.05) is 0 Å². The highest BCUT2D eigenvalue weighted by molar-refractivity contribution is 5.69. The first-order valence-corrected chi connectivity index (χ1v) is 5.96. The molecule has 2 rings (SSSR count). The van der Waals surface area contributed by atoms with E-state index in [1.807, 2.05) is 6.07 Å². The molecule has 0 saturated carbocycles. The first kappa shape index (κ1) is 12.7. The third-order valence-electron chi connectivity index (χ3n) is 2.95. The topological polar surface area (TPSA) is 67.8 Å². The maximum absolute atomic E-state index is 10.9. The molecule has 2 N–H and O–H groups in total. The van der Waals surface area contributed by atoms with Crippen LogP contribution in [0.2, 0.25) is 0 Å². The van der Waals surface area contributed by atoms with Crippen LogP contribution in [0.15, 0.2) is 18.2 Å². The number of fused-ring (bicyclic) bond motifs is 1. The lowest BCUT2D eigenvalue weighted by atomic mass is 10.1. The van der Waals surface area contributed by atoms with E-state index in [0.29, 0.717) is 13.0 Å². The third kappa shape index (κ3) is 2.92. The minimum absolute atomic E-state index is 0.123. The number of benzene rings is 1. The number of phenolic OH excluding ortho intramolecular Hbond substituents is 1. The number of hydrogen-bond donors (Lipinski definition) is 2. The summed E-state index contributed by atoms with van der Waals surface area (Å²) in [6.07, 6.45) is 1.15. The Kier molecular flexibility index (Phi) is 4.04. The van der Waals surface area contributed by atoms with Gasteiger partial charge in [0.2, 0.25) is 0 Å². The van der Waals surface area contributed by atoms with Crippen molar-refractivity contribution in [2.75, 3.05) is 20.3 Å². The first-order chi connectivity index (χ1) is 8.70. The number of phenols is 1. The van der Waals surface area contributed by atoms with Gasteiger partial charge < -0.3 is 19.9 Å². The van der Waals surface area contributed by atoms with Gasteiger partial charge in [0.1, 0.15) is 18.1 Å². The number of nitrogens with one attached hydrogen (secondary N) is 1. The van der Waals surface area contributed by atoms with Crippen LogP contribution in [-0.4, -0.2) is 31.3 Å². The van der Waals surface area contributed by atoms with Crippen LogP contribution < -0.4 is 10.1 Å². The molecule has 0 aromatic heterocycles. The van der Waals surface area contributed by atoms with Crippen molar-refractivity contribution in [3.05, 3.63) is 23.8 Å². The fraction of sp³-hybridized carbons (Fsp3) is 0.462. The summed E-state index contributed by atoms with van der Waals surface area (Å²) >= 11 is 0. The number of hydrogen-bond acceptors (Lipinski definition) is 5. The highest BCUT2D eigenvalue weighted by Crippen LogP contribution is 2.34. The van der Waals surface area contributed by atoms with E-state index in [-0.39, 0.29) is 17.8 Å². The van der Waals surface area contributed by atoms with Crippen molar-refractivity contribution in [3.8, 4) is 11.5 Å². The van der Waals surface area contributed by atoms with Crippen molar-refractivity contribution in [1.82, 2.24) is 5.32 Å². The van der Waals surface area contributed by atoms with Gasteiger partial charge >= 0.3 is 5.97 Å². The van der Waals surface area contributed by atoms with Gasteiger partial charge in [-0.2, -0.15) is 0 Å². The molecule has 0 fully saturated rings. The molecular weight excluding hydrogens is 234 g/mol. The second-order valence-electron chi connectivity index (χ2n) is 4.22. The lowest BCUT2D eigenvalue weighted by molar-refractivity contribution is -0.140. The van der Waals surface area contributed by atoms with E-state index >= 15 is 0 Å². The fourth-order valence-corrected chi connectivity index (χ4v) is 1.98. The number of methoxy groups -OCH3 is 1. The molecule has 1 aromatic rings. The lowest BCUT2D eigenvalue weighted by Gasteiger charge is -2.11. The van der Waals surface area contributed by atoms with Crippen molar-refractivity contribution in [2.45, 2.75) is 18.9 Å². The molecule has 5 nitrogen and oxygen atoms in total. The predicted molar refractivity (Wildman–Crippen MR) is 65.6 cm³/mol. The number of ether oxygens (including phenoxy) is 2. The minimum atomic E-state index is -0.190. The van der Waals surface area contributed by atoms with Crippen molar-refractivity contribution in [3.63, 3.8) is 0 Å². The van der Waals surface area contributed by atoms with E-state index in [4.69, 9.17) is 4.74 Å². The Bertz CT molecular complexity index is 433.